The maximum atomic E-state index is 13.1. The van der Waals surface area contributed by atoms with Crippen LogP contribution in [0.15, 0.2) is 53.4 Å². The molecule has 0 aliphatic carbocycles. The topological polar surface area (TPSA) is 57.7 Å². The van der Waals surface area contributed by atoms with Gasteiger partial charge in [-0.15, -0.1) is 0 Å². The molecule has 6 heteroatoms. The standard InChI is InChI=1S/C18H22N2O3S/c1-14-10-11-17(15(2)12-14)20(13-18(21)19(3)4)24(22,23)16-8-6-5-7-9-16/h5-12H,13H2,1-4H3. The minimum atomic E-state index is -3.83. The molecule has 2 aromatic carbocycles. The van der Waals surface area contributed by atoms with E-state index in [1.165, 1.54) is 21.3 Å². The van der Waals surface area contributed by atoms with Gasteiger partial charge < -0.3 is 4.90 Å². The molecule has 0 aromatic heterocycles. The number of anilines is 1. The molecule has 0 saturated carbocycles. The Morgan fingerprint density at radius 2 is 1.62 bits per heavy atom. The first-order valence-electron chi connectivity index (χ1n) is 7.58. The van der Waals surface area contributed by atoms with Gasteiger partial charge in [-0.25, -0.2) is 8.42 Å². The zero-order valence-electron chi connectivity index (χ0n) is 14.4. The highest BCUT2D eigenvalue weighted by Crippen LogP contribution is 2.27. The number of nitrogens with zero attached hydrogens (tertiary/aromatic N) is 2. The number of sulfonamides is 1. The lowest BCUT2D eigenvalue weighted by Crippen LogP contribution is -2.40. The third kappa shape index (κ3) is 3.76. The van der Waals surface area contributed by atoms with E-state index in [0.29, 0.717) is 5.69 Å². The van der Waals surface area contributed by atoms with Crippen LogP contribution in [0.2, 0.25) is 0 Å². The summed E-state index contributed by atoms with van der Waals surface area (Å²) in [7, 11) is -0.615. The van der Waals surface area contributed by atoms with Gasteiger partial charge in [-0.3, -0.25) is 9.10 Å². The van der Waals surface area contributed by atoms with Crippen molar-refractivity contribution >= 4 is 21.6 Å². The van der Waals surface area contributed by atoms with Crippen LogP contribution in [0.5, 0.6) is 0 Å². The minimum Gasteiger partial charge on any atom is -0.347 e. The summed E-state index contributed by atoms with van der Waals surface area (Å²) < 4.78 is 27.3. The van der Waals surface area contributed by atoms with Crippen molar-refractivity contribution in [1.29, 1.82) is 0 Å². The van der Waals surface area contributed by atoms with Crippen molar-refractivity contribution in [3.63, 3.8) is 0 Å². The van der Waals surface area contributed by atoms with Crippen LogP contribution in [0, 0.1) is 13.8 Å². The summed E-state index contributed by atoms with van der Waals surface area (Å²) in [4.78, 5) is 13.8. The van der Waals surface area contributed by atoms with Crippen LogP contribution in [-0.2, 0) is 14.8 Å². The van der Waals surface area contributed by atoms with Crippen molar-refractivity contribution in [2.24, 2.45) is 0 Å². The zero-order chi connectivity index (χ0) is 17.9. The molecule has 5 nitrogen and oxygen atoms in total. The molecule has 0 atom stereocenters. The summed E-state index contributed by atoms with van der Waals surface area (Å²) in [5.41, 5.74) is 2.35. The molecule has 0 unspecified atom stereocenters. The van der Waals surface area contributed by atoms with Gasteiger partial charge in [-0.05, 0) is 37.6 Å². The molecule has 2 aromatic rings. The van der Waals surface area contributed by atoms with Crippen LogP contribution in [-0.4, -0.2) is 39.9 Å². The molecule has 0 heterocycles. The Morgan fingerprint density at radius 3 is 2.17 bits per heavy atom. The molecular weight excluding hydrogens is 324 g/mol. The first-order valence-corrected chi connectivity index (χ1v) is 9.02. The Kier molecular flexibility index (Phi) is 5.29. The highest BCUT2D eigenvalue weighted by atomic mass is 32.2. The minimum absolute atomic E-state index is 0.163. The van der Waals surface area contributed by atoms with E-state index in [1.807, 2.05) is 26.0 Å². The summed E-state index contributed by atoms with van der Waals surface area (Å²) in [6, 6.07) is 13.7. The van der Waals surface area contributed by atoms with E-state index in [2.05, 4.69) is 0 Å². The maximum absolute atomic E-state index is 13.1. The van der Waals surface area contributed by atoms with Crippen molar-refractivity contribution in [2.45, 2.75) is 18.7 Å². The van der Waals surface area contributed by atoms with Gasteiger partial charge in [0.15, 0.2) is 0 Å². The molecule has 0 radical (unpaired) electrons. The molecular formula is C18H22N2O3S. The Labute approximate surface area is 143 Å². The quantitative estimate of drug-likeness (QED) is 0.836. The summed E-state index contributed by atoms with van der Waals surface area (Å²) in [6.07, 6.45) is 0. The highest BCUT2D eigenvalue weighted by Gasteiger charge is 2.28. The fourth-order valence-electron chi connectivity index (χ4n) is 2.37. The van der Waals surface area contributed by atoms with E-state index in [4.69, 9.17) is 0 Å². The van der Waals surface area contributed by atoms with Crippen LogP contribution < -0.4 is 4.31 Å². The number of aryl methyl sites for hydroxylation is 2. The lowest BCUT2D eigenvalue weighted by Gasteiger charge is -2.27. The van der Waals surface area contributed by atoms with E-state index in [1.54, 1.807) is 38.4 Å². The Hall–Kier alpha value is -2.34. The number of carbonyl (C=O) groups excluding carboxylic acids is 1. The molecule has 0 N–H and O–H groups in total. The van der Waals surface area contributed by atoms with Crippen LogP contribution >= 0.6 is 0 Å². The second-order valence-electron chi connectivity index (χ2n) is 5.90. The van der Waals surface area contributed by atoms with Crippen molar-refractivity contribution < 1.29 is 13.2 Å². The monoisotopic (exact) mass is 346 g/mol. The normalized spacial score (nSPS) is 11.2. The van der Waals surface area contributed by atoms with E-state index < -0.39 is 10.0 Å². The van der Waals surface area contributed by atoms with Crippen molar-refractivity contribution in [2.75, 3.05) is 24.9 Å². The summed E-state index contributed by atoms with van der Waals surface area (Å²) in [6.45, 7) is 3.54. The largest absolute Gasteiger partial charge is 0.347 e. The molecule has 1 amide bonds. The van der Waals surface area contributed by atoms with Gasteiger partial charge in [-0.2, -0.15) is 0 Å². The fraction of sp³-hybridized carbons (Fsp3) is 0.278. The Bertz CT molecular complexity index is 831. The van der Waals surface area contributed by atoms with Crippen molar-refractivity contribution in [3.8, 4) is 0 Å². The Morgan fingerprint density at radius 1 is 1.00 bits per heavy atom. The molecule has 2 rings (SSSR count). The second kappa shape index (κ2) is 7.05. The summed E-state index contributed by atoms with van der Waals surface area (Å²) >= 11 is 0. The van der Waals surface area contributed by atoms with Gasteiger partial charge in [0.1, 0.15) is 6.54 Å². The molecule has 0 aliphatic heterocycles. The first-order chi connectivity index (χ1) is 11.2. The molecule has 0 spiro atoms. The Balaban J connectivity index is 2.57. The highest BCUT2D eigenvalue weighted by molar-refractivity contribution is 7.92. The van der Waals surface area contributed by atoms with E-state index in [9.17, 15) is 13.2 Å². The lowest BCUT2D eigenvalue weighted by molar-refractivity contribution is -0.127. The number of rotatable bonds is 5. The van der Waals surface area contributed by atoms with Gasteiger partial charge in [-0.1, -0.05) is 35.9 Å². The van der Waals surface area contributed by atoms with Crippen LogP contribution in [0.4, 0.5) is 5.69 Å². The zero-order valence-corrected chi connectivity index (χ0v) is 15.2. The van der Waals surface area contributed by atoms with Crippen LogP contribution in [0.25, 0.3) is 0 Å². The molecule has 128 valence electrons. The predicted octanol–water partition coefficient (Wildman–Crippen LogP) is 2.59. The number of hydrogen-bond acceptors (Lipinski definition) is 3. The maximum Gasteiger partial charge on any atom is 0.264 e. The number of amides is 1. The predicted molar refractivity (Wildman–Crippen MR) is 95.6 cm³/mol. The SMILES string of the molecule is Cc1ccc(N(CC(=O)N(C)C)S(=O)(=O)c2ccccc2)c(C)c1. The van der Waals surface area contributed by atoms with Crippen LogP contribution in [0.1, 0.15) is 11.1 Å². The third-order valence-corrected chi connectivity index (χ3v) is 5.50. The number of benzene rings is 2. The molecule has 0 bridgehead atoms. The van der Waals surface area contributed by atoms with E-state index in [0.717, 1.165) is 11.1 Å². The fourth-order valence-corrected chi connectivity index (χ4v) is 3.87. The number of hydrogen-bond donors (Lipinski definition) is 0. The molecule has 24 heavy (non-hydrogen) atoms. The van der Waals surface area contributed by atoms with Crippen molar-refractivity contribution in [3.05, 3.63) is 59.7 Å². The third-order valence-electron chi connectivity index (χ3n) is 3.73. The average Bonchev–Trinajstić information content (AvgIpc) is 2.53. The molecule has 0 aliphatic rings. The first kappa shape index (κ1) is 18.0. The molecule has 0 fully saturated rings. The van der Waals surface area contributed by atoms with Gasteiger partial charge in [0.25, 0.3) is 10.0 Å². The van der Waals surface area contributed by atoms with E-state index in [-0.39, 0.29) is 17.3 Å². The lowest BCUT2D eigenvalue weighted by atomic mass is 10.1. The summed E-state index contributed by atoms with van der Waals surface area (Å²) in [5.74, 6) is -0.283. The smallest absolute Gasteiger partial charge is 0.264 e. The average molecular weight is 346 g/mol. The number of carbonyl (C=O) groups is 1. The van der Waals surface area contributed by atoms with Crippen LogP contribution in [0.3, 0.4) is 0 Å². The van der Waals surface area contributed by atoms with Gasteiger partial charge in [0.2, 0.25) is 5.91 Å². The van der Waals surface area contributed by atoms with Gasteiger partial charge in [0.05, 0.1) is 10.6 Å². The van der Waals surface area contributed by atoms with E-state index >= 15 is 0 Å². The van der Waals surface area contributed by atoms with Gasteiger partial charge >= 0.3 is 0 Å². The van der Waals surface area contributed by atoms with Crippen molar-refractivity contribution in [1.82, 2.24) is 4.90 Å². The molecule has 0 saturated heterocycles. The summed E-state index contributed by atoms with van der Waals surface area (Å²) in [5, 5.41) is 0. The second-order valence-corrected chi connectivity index (χ2v) is 7.77. The number of likely N-dealkylation sites (N-methyl/N-ethyl adjacent to an activating group) is 1. The van der Waals surface area contributed by atoms with Gasteiger partial charge in [0, 0.05) is 14.1 Å².